The minimum atomic E-state index is -0.493. The van der Waals surface area contributed by atoms with Crippen molar-refractivity contribution in [3.05, 3.63) is 28.7 Å². The molecule has 0 bridgehead atoms. The molecule has 19 heavy (non-hydrogen) atoms. The second-order valence-corrected chi connectivity index (χ2v) is 6.63. The molecule has 0 heterocycles. The number of hydrogen-bond acceptors (Lipinski definition) is 4. The van der Waals surface area contributed by atoms with Crippen LogP contribution in [0.25, 0.3) is 0 Å². The van der Waals surface area contributed by atoms with E-state index in [2.05, 4.69) is 35.1 Å². The Balaban J connectivity index is 2.19. The molecule has 2 unspecified atom stereocenters. The summed E-state index contributed by atoms with van der Waals surface area (Å²) < 4.78 is 6.51. The number of thioether (sulfide) groups is 1. The fourth-order valence-corrected chi connectivity index (χ4v) is 2.58. The number of aliphatic hydroxyl groups excluding tert-OH is 1. The van der Waals surface area contributed by atoms with Gasteiger partial charge < -0.3 is 15.2 Å². The van der Waals surface area contributed by atoms with E-state index in [0.29, 0.717) is 19.2 Å². The Labute approximate surface area is 128 Å². The highest BCUT2D eigenvalue weighted by molar-refractivity contribution is 9.10. The van der Waals surface area contributed by atoms with Crippen molar-refractivity contribution in [3.63, 3.8) is 0 Å². The quantitative estimate of drug-likeness (QED) is 0.720. The van der Waals surface area contributed by atoms with E-state index in [-0.39, 0.29) is 0 Å². The van der Waals surface area contributed by atoms with Gasteiger partial charge >= 0.3 is 0 Å². The molecule has 5 heteroatoms. The Bertz CT molecular complexity index is 365. The van der Waals surface area contributed by atoms with Crippen LogP contribution in [0.2, 0.25) is 0 Å². The minimum Gasteiger partial charge on any atom is -0.491 e. The van der Waals surface area contributed by atoms with Crippen molar-refractivity contribution in [3.8, 4) is 5.75 Å². The van der Waals surface area contributed by atoms with Crippen LogP contribution in [0.5, 0.6) is 5.75 Å². The predicted molar refractivity (Wildman–Crippen MR) is 86.1 cm³/mol. The van der Waals surface area contributed by atoms with E-state index in [1.54, 1.807) is 0 Å². The van der Waals surface area contributed by atoms with Crippen molar-refractivity contribution in [2.75, 3.05) is 24.7 Å². The van der Waals surface area contributed by atoms with Crippen LogP contribution < -0.4 is 10.1 Å². The zero-order valence-corrected chi connectivity index (χ0v) is 13.8. The van der Waals surface area contributed by atoms with Gasteiger partial charge in [0, 0.05) is 22.8 Å². The maximum Gasteiger partial charge on any atom is 0.120 e. The first-order valence-electron chi connectivity index (χ1n) is 6.49. The van der Waals surface area contributed by atoms with Crippen LogP contribution in [0.4, 0.5) is 0 Å². The third-order valence-electron chi connectivity index (χ3n) is 2.51. The summed E-state index contributed by atoms with van der Waals surface area (Å²) >= 11 is 5.28. The van der Waals surface area contributed by atoms with Crippen molar-refractivity contribution in [2.45, 2.75) is 26.0 Å². The van der Waals surface area contributed by atoms with Crippen molar-refractivity contribution < 1.29 is 9.84 Å². The van der Waals surface area contributed by atoms with Gasteiger partial charge in [-0.1, -0.05) is 28.9 Å². The van der Waals surface area contributed by atoms with Gasteiger partial charge in [-0.2, -0.15) is 11.8 Å². The number of hydrogen-bond donors (Lipinski definition) is 2. The summed E-state index contributed by atoms with van der Waals surface area (Å²) in [5.41, 5.74) is 0. The number of halogens is 1. The number of nitrogens with one attached hydrogen (secondary N) is 1. The third kappa shape index (κ3) is 7.82. The largest absolute Gasteiger partial charge is 0.491 e. The van der Waals surface area contributed by atoms with E-state index in [9.17, 15) is 5.11 Å². The molecule has 0 saturated heterocycles. The van der Waals surface area contributed by atoms with Crippen LogP contribution in [0, 0.1) is 0 Å². The van der Waals surface area contributed by atoms with E-state index < -0.39 is 6.10 Å². The molecular formula is C14H22BrNO2S. The standard InChI is InChI=1S/C14H22BrNO2S/c1-3-19-10-11(2)16-8-13(17)9-18-14-6-4-5-12(15)7-14/h4-7,11,13,16-17H,3,8-10H2,1-2H3. The summed E-state index contributed by atoms with van der Waals surface area (Å²) in [6, 6.07) is 8.03. The van der Waals surface area contributed by atoms with Gasteiger partial charge in [-0.05, 0) is 30.9 Å². The molecule has 0 aliphatic rings. The van der Waals surface area contributed by atoms with Crippen molar-refractivity contribution in [1.29, 1.82) is 0 Å². The van der Waals surface area contributed by atoms with Gasteiger partial charge in [0.15, 0.2) is 0 Å². The first-order chi connectivity index (χ1) is 9.11. The molecule has 0 fully saturated rings. The van der Waals surface area contributed by atoms with Gasteiger partial charge in [0.1, 0.15) is 18.5 Å². The van der Waals surface area contributed by atoms with Gasteiger partial charge in [-0.15, -0.1) is 0 Å². The molecule has 0 spiro atoms. The zero-order valence-electron chi connectivity index (χ0n) is 11.4. The summed E-state index contributed by atoms with van der Waals surface area (Å²) in [6.07, 6.45) is -0.493. The van der Waals surface area contributed by atoms with Gasteiger partial charge in [0.2, 0.25) is 0 Å². The van der Waals surface area contributed by atoms with Crippen molar-refractivity contribution in [2.24, 2.45) is 0 Å². The van der Waals surface area contributed by atoms with E-state index in [1.165, 1.54) is 0 Å². The smallest absolute Gasteiger partial charge is 0.120 e. The molecule has 3 nitrogen and oxygen atoms in total. The molecule has 1 aromatic carbocycles. The lowest BCUT2D eigenvalue weighted by atomic mass is 10.3. The average Bonchev–Trinajstić information content (AvgIpc) is 2.40. The maximum atomic E-state index is 9.85. The molecule has 1 rings (SSSR count). The molecule has 0 aliphatic carbocycles. The van der Waals surface area contributed by atoms with Crippen molar-refractivity contribution in [1.82, 2.24) is 5.32 Å². The molecule has 0 amide bonds. The molecule has 1 aromatic rings. The number of aliphatic hydroxyl groups is 1. The topological polar surface area (TPSA) is 41.5 Å². The maximum absolute atomic E-state index is 9.85. The van der Waals surface area contributed by atoms with E-state index in [0.717, 1.165) is 21.7 Å². The second-order valence-electron chi connectivity index (χ2n) is 4.39. The second kappa shape index (κ2) is 9.64. The van der Waals surface area contributed by atoms with Crippen molar-refractivity contribution >= 4 is 27.7 Å². The summed E-state index contributed by atoms with van der Waals surface area (Å²) in [7, 11) is 0. The number of ether oxygens (including phenoxy) is 1. The van der Waals surface area contributed by atoms with Gasteiger partial charge in [-0.3, -0.25) is 0 Å². The third-order valence-corrected chi connectivity index (χ3v) is 4.15. The summed E-state index contributed by atoms with van der Waals surface area (Å²) in [6.45, 7) is 5.14. The molecule has 2 N–H and O–H groups in total. The summed E-state index contributed by atoms with van der Waals surface area (Å²) in [5, 5.41) is 13.2. The Morgan fingerprint density at radius 3 is 2.95 bits per heavy atom. The lowest BCUT2D eigenvalue weighted by molar-refractivity contribution is 0.105. The lowest BCUT2D eigenvalue weighted by Gasteiger charge is -2.17. The highest BCUT2D eigenvalue weighted by Crippen LogP contribution is 2.17. The van der Waals surface area contributed by atoms with Crippen LogP contribution in [0.1, 0.15) is 13.8 Å². The summed E-state index contributed by atoms with van der Waals surface area (Å²) in [4.78, 5) is 0. The Hall–Kier alpha value is -0.230. The normalized spacial score (nSPS) is 14.1. The van der Waals surface area contributed by atoms with Gasteiger partial charge in [0.05, 0.1) is 0 Å². The highest BCUT2D eigenvalue weighted by Gasteiger charge is 2.08. The van der Waals surface area contributed by atoms with Crippen LogP contribution in [0.15, 0.2) is 28.7 Å². The first-order valence-corrected chi connectivity index (χ1v) is 8.44. The van der Waals surface area contributed by atoms with E-state index in [4.69, 9.17) is 4.74 Å². The molecule has 0 saturated carbocycles. The van der Waals surface area contributed by atoms with Crippen LogP contribution in [0.3, 0.4) is 0 Å². The molecule has 108 valence electrons. The Kier molecular flexibility index (Phi) is 8.53. The molecular weight excluding hydrogens is 326 g/mol. The highest BCUT2D eigenvalue weighted by atomic mass is 79.9. The SMILES string of the molecule is CCSCC(C)NCC(O)COc1cccc(Br)c1. The van der Waals surface area contributed by atoms with E-state index >= 15 is 0 Å². The molecule has 0 aromatic heterocycles. The fourth-order valence-electron chi connectivity index (χ4n) is 1.50. The molecule has 0 aliphatic heterocycles. The van der Waals surface area contributed by atoms with Crippen LogP contribution in [-0.2, 0) is 0 Å². The number of rotatable bonds is 9. The summed E-state index contributed by atoms with van der Waals surface area (Å²) in [5.74, 6) is 2.96. The molecule has 0 radical (unpaired) electrons. The van der Waals surface area contributed by atoms with E-state index in [1.807, 2.05) is 36.0 Å². The predicted octanol–water partition coefficient (Wildman–Crippen LogP) is 2.92. The Morgan fingerprint density at radius 2 is 2.26 bits per heavy atom. The first kappa shape index (κ1) is 16.8. The fraction of sp³-hybridized carbons (Fsp3) is 0.571. The Morgan fingerprint density at radius 1 is 1.47 bits per heavy atom. The lowest BCUT2D eigenvalue weighted by Crippen LogP contribution is -2.37. The average molecular weight is 348 g/mol. The molecule has 2 atom stereocenters. The number of benzene rings is 1. The minimum absolute atomic E-state index is 0.303. The monoisotopic (exact) mass is 347 g/mol. The van der Waals surface area contributed by atoms with Crippen LogP contribution >= 0.6 is 27.7 Å². The van der Waals surface area contributed by atoms with Gasteiger partial charge in [-0.25, -0.2) is 0 Å². The van der Waals surface area contributed by atoms with Crippen LogP contribution in [-0.4, -0.2) is 41.9 Å². The zero-order chi connectivity index (χ0) is 14.1. The van der Waals surface area contributed by atoms with Gasteiger partial charge in [0.25, 0.3) is 0 Å².